The zero-order valence-corrected chi connectivity index (χ0v) is 14.0. The van der Waals surface area contributed by atoms with Crippen molar-refractivity contribution in [1.29, 1.82) is 0 Å². The molecule has 0 spiro atoms. The van der Waals surface area contributed by atoms with E-state index in [1.165, 1.54) is 0 Å². The van der Waals surface area contributed by atoms with Crippen LogP contribution in [-0.4, -0.2) is 36.8 Å². The first-order chi connectivity index (χ1) is 9.94. The van der Waals surface area contributed by atoms with Crippen molar-refractivity contribution in [2.45, 2.75) is 25.8 Å². The number of nitrogens with two attached hydrogens (primary N) is 1. The molecule has 0 heterocycles. The average molecular weight is 336 g/mol. The number of ether oxygens (including phenoxy) is 2. The first kappa shape index (κ1) is 18.6. The summed E-state index contributed by atoms with van der Waals surface area (Å²) in [5, 5.41) is 0.614. The van der Waals surface area contributed by atoms with Crippen LogP contribution in [0.1, 0.15) is 25.3 Å². The molecule has 7 heteroatoms. The van der Waals surface area contributed by atoms with Gasteiger partial charge in [0.15, 0.2) is 0 Å². The van der Waals surface area contributed by atoms with Gasteiger partial charge in [-0.05, 0) is 38.1 Å². The second-order valence-electron chi connectivity index (χ2n) is 4.64. The Morgan fingerprint density at radius 1 is 1.24 bits per heavy atom. The summed E-state index contributed by atoms with van der Waals surface area (Å²) in [4.78, 5) is 10.3. The van der Waals surface area contributed by atoms with Gasteiger partial charge >= 0.3 is 0 Å². The van der Waals surface area contributed by atoms with Crippen LogP contribution < -0.4 is 5.73 Å². The second-order valence-corrected chi connectivity index (χ2v) is 7.37. The van der Waals surface area contributed by atoms with Gasteiger partial charge in [-0.3, -0.25) is 4.57 Å². The molecule has 0 aliphatic heterocycles. The molecule has 1 unspecified atom stereocenters. The topological polar surface area (TPSA) is 81.8 Å². The van der Waals surface area contributed by atoms with Gasteiger partial charge in [-0.2, -0.15) is 0 Å². The predicted molar refractivity (Wildman–Crippen MR) is 85.0 cm³/mol. The average Bonchev–Trinajstić information content (AvgIpc) is 2.45. The van der Waals surface area contributed by atoms with Crippen molar-refractivity contribution in [2.75, 3.05) is 25.9 Å². The molecule has 5 nitrogen and oxygen atoms in total. The maximum Gasteiger partial charge on any atom is 0.255 e. The van der Waals surface area contributed by atoms with Crippen LogP contribution in [0.15, 0.2) is 24.3 Å². The van der Waals surface area contributed by atoms with E-state index in [9.17, 15) is 9.46 Å². The summed E-state index contributed by atoms with van der Waals surface area (Å²) in [6.45, 7) is 4.39. The van der Waals surface area contributed by atoms with Gasteiger partial charge in [-0.15, -0.1) is 0 Å². The molecule has 21 heavy (non-hydrogen) atoms. The van der Waals surface area contributed by atoms with Crippen molar-refractivity contribution in [2.24, 2.45) is 5.73 Å². The molecule has 0 aliphatic rings. The van der Waals surface area contributed by atoms with Crippen LogP contribution in [0.4, 0.5) is 0 Å². The third-order valence-electron chi connectivity index (χ3n) is 3.06. The first-order valence-electron chi connectivity index (χ1n) is 6.94. The maximum absolute atomic E-state index is 12.5. The largest absolute Gasteiger partial charge is 0.345 e. The Hall–Kier alpha value is -0.420. The van der Waals surface area contributed by atoms with Gasteiger partial charge in [0.25, 0.3) is 7.37 Å². The highest BCUT2D eigenvalue weighted by Gasteiger charge is 2.35. The molecular formula is C14H23ClNO4P. The Bertz CT molecular complexity index is 463. The summed E-state index contributed by atoms with van der Waals surface area (Å²) in [5.74, 6) is -0.249. The third-order valence-corrected chi connectivity index (χ3v) is 5.23. The lowest BCUT2D eigenvalue weighted by Crippen LogP contribution is -2.24. The molecule has 0 saturated heterocycles. The van der Waals surface area contributed by atoms with Gasteiger partial charge in [0, 0.05) is 30.3 Å². The van der Waals surface area contributed by atoms with Crippen LogP contribution in [0.2, 0.25) is 5.02 Å². The van der Waals surface area contributed by atoms with Crippen LogP contribution in [0.25, 0.3) is 0 Å². The predicted octanol–water partition coefficient (Wildman–Crippen LogP) is 3.01. The van der Waals surface area contributed by atoms with Gasteiger partial charge < -0.3 is 20.1 Å². The van der Waals surface area contributed by atoms with E-state index in [-0.39, 0.29) is 18.6 Å². The molecule has 1 aromatic carbocycles. The van der Waals surface area contributed by atoms with Gasteiger partial charge in [0.05, 0.1) is 0 Å². The fourth-order valence-electron chi connectivity index (χ4n) is 2.02. The molecule has 0 radical (unpaired) electrons. The number of hydrogen-bond donors (Lipinski definition) is 2. The summed E-state index contributed by atoms with van der Waals surface area (Å²) in [6, 6.07) is 6.01. The van der Waals surface area contributed by atoms with E-state index >= 15 is 0 Å². The van der Waals surface area contributed by atoms with Crippen molar-refractivity contribution in [3.05, 3.63) is 34.9 Å². The monoisotopic (exact) mass is 335 g/mol. The van der Waals surface area contributed by atoms with Crippen molar-refractivity contribution in [1.82, 2.24) is 0 Å². The van der Waals surface area contributed by atoms with E-state index in [1.807, 2.05) is 12.1 Å². The minimum absolute atomic E-state index is 0.00972. The van der Waals surface area contributed by atoms with E-state index in [1.54, 1.807) is 26.0 Å². The van der Waals surface area contributed by atoms with Crippen molar-refractivity contribution >= 4 is 19.0 Å². The smallest absolute Gasteiger partial charge is 0.255 e. The molecule has 3 N–H and O–H groups in total. The molecule has 0 fully saturated rings. The molecule has 0 aliphatic carbocycles. The lowest BCUT2D eigenvalue weighted by atomic mass is 10.0. The zero-order chi connectivity index (χ0) is 15.9. The summed E-state index contributed by atoms with van der Waals surface area (Å²) in [6.07, 6.45) is 0.00972. The van der Waals surface area contributed by atoms with Crippen molar-refractivity contribution in [3.8, 4) is 0 Å². The Balaban J connectivity index is 2.87. The van der Waals surface area contributed by atoms with Crippen LogP contribution in [0, 0.1) is 0 Å². The molecule has 1 aromatic rings. The summed E-state index contributed by atoms with van der Waals surface area (Å²) in [7, 11) is -3.64. The van der Waals surface area contributed by atoms with E-state index in [2.05, 4.69) is 0 Å². The lowest BCUT2D eigenvalue weighted by molar-refractivity contribution is -0.0871. The molecule has 2 atom stereocenters. The highest BCUT2D eigenvalue weighted by Crippen LogP contribution is 2.50. The summed E-state index contributed by atoms with van der Waals surface area (Å²) < 4.78 is 23.0. The minimum Gasteiger partial charge on any atom is -0.345 e. The molecule has 1 rings (SSSR count). The Kier molecular flexibility index (Phi) is 7.88. The molecule has 0 aromatic heterocycles. The highest BCUT2D eigenvalue weighted by atomic mass is 35.5. The van der Waals surface area contributed by atoms with Gasteiger partial charge in [-0.1, -0.05) is 23.7 Å². The molecule has 0 amide bonds. The van der Waals surface area contributed by atoms with Gasteiger partial charge in [0.2, 0.25) is 6.03 Å². The van der Waals surface area contributed by atoms with Crippen LogP contribution in [0.3, 0.4) is 0 Å². The van der Waals surface area contributed by atoms with Crippen molar-refractivity contribution in [3.63, 3.8) is 0 Å². The number of benzene rings is 1. The van der Waals surface area contributed by atoms with E-state index in [4.69, 9.17) is 26.8 Å². The number of rotatable bonds is 9. The van der Waals surface area contributed by atoms with E-state index < -0.39 is 13.4 Å². The molecule has 0 bridgehead atoms. The fourth-order valence-corrected chi connectivity index (χ4v) is 4.07. The summed E-state index contributed by atoms with van der Waals surface area (Å²) in [5.41, 5.74) is 6.63. The first-order valence-corrected chi connectivity index (χ1v) is 9.24. The normalized spacial score (nSPS) is 15.9. The lowest BCUT2D eigenvalue weighted by Gasteiger charge is -2.26. The minimum atomic E-state index is -3.64. The summed E-state index contributed by atoms with van der Waals surface area (Å²) >= 11 is 5.85. The fraction of sp³-hybridized carbons (Fsp3) is 0.571. The van der Waals surface area contributed by atoms with Crippen LogP contribution in [0.5, 0.6) is 0 Å². The van der Waals surface area contributed by atoms with Gasteiger partial charge in [0.1, 0.15) is 0 Å². The zero-order valence-electron chi connectivity index (χ0n) is 12.4. The van der Waals surface area contributed by atoms with Crippen LogP contribution in [-0.2, 0) is 14.0 Å². The highest BCUT2D eigenvalue weighted by molar-refractivity contribution is 7.58. The van der Waals surface area contributed by atoms with E-state index in [0.29, 0.717) is 18.2 Å². The quantitative estimate of drug-likeness (QED) is 0.535. The number of halogens is 1. The molecule has 120 valence electrons. The second kappa shape index (κ2) is 8.89. The molecular weight excluding hydrogens is 313 g/mol. The third kappa shape index (κ3) is 5.70. The van der Waals surface area contributed by atoms with E-state index in [0.717, 1.165) is 5.56 Å². The Morgan fingerprint density at radius 3 is 2.19 bits per heavy atom. The number of hydrogen-bond acceptors (Lipinski definition) is 4. The standard InChI is InChI=1S/C14H23ClNO4P/c1-3-19-14(20-4-2)21(17,18)10-12(9-16)11-5-7-13(15)8-6-11/h5-8,12,14H,3-4,9-10,16H2,1-2H3,(H,17,18)/t12-/m1/s1. The van der Waals surface area contributed by atoms with Gasteiger partial charge in [-0.25, -0.2) is 0 Å². The SMILES string of the molecule is CCOC(OCC)P(=O)(O)C[C@@H](CN)c1ccc(Cl)cc1. The Labute approximate surface area is 130 Å². The molecule has 0 saturated carbocycles. The Morgan fingerprint density at radius 2 is 1.76 bits per heavy atom. The van der Waals surface area contributed by atoms with Crippen LogP contribution >= 0.6 is 19.0 Å². The van der Waals surface area contributed by atoms with Crippen molar-refractivity contribution < 1.29 is 18.9 Å². The maximum atomic E-state index is 12.5.